The van der Waals surface area contributed by atoms with E-state index >= 15 is 0 Å². The summed E-state index contributed by atoms with van der Waals surface area (Å²) in [6.07, 6.45) is 1.92. The van der Waals surface area contributed by atoms with Crippen LogP contribution in [0.5, 0.6) is 5.75 Å². The molecule has 0 aromatic heterocycles. The molecule has 156 valence electrons. The second-order valence-corrected chi connectivity index (χ2v) is 7.37. The largest absolute Gasteiger partial charge is 0.484 e. The Hall–Kier alpha value is -2.82. The Morgan fingerprint density at radius 1 is 1.10 bits per heavy atom. The van der Waals surface area contributed by atoms with Crippen molar-refractivity contribution in [3.63, 3.8) is 0 Å². The lowest BCUT2D eigenvalue weighted by atomic mass is 10.1. The normalized spacial score (nSPS) is 11.6. The quantitative estimate of drug-likeness (QED) is 0.617. The fourth-order valence-electron chi connectivity index (χ4n) is 3.02. The van der Waals surface area contributed by atoms with Gasteiger partial charge in [0.25, 0.3) is 5.91 Å². The SMILES string of the molecule is CCCCNC(=O)C(C)N(Cc1ccccc1C)C(=O)COc1cccc(C)c1. The fraction of sp³-hybridized carbons (Fsp3) is 0.417. The van der Waals surface area contributed by atoms with E-state index in [1.807, 2.05) is 62.4 Å². The van der Waals surface area contributed by atoms with E-state index in [2.05, 4.69) is 12.2 Å². The van der Waals surface area contributed by atoms with Gasteiger partial charge in [0.05, 0.1) is 0 Å². The maximum Gasteiger partial charge on any atom is 0.261 e. The van der Waals surface area contributed by atoms with Crippen LogP contribution < -0.4 is 10.1 Å². The molecule has 5 heteroatoms. The maximum atomic E-state index is 13.0. The van der Waals surface area contributed by atoms with Crippen molar-refractivity contribution in [3.05, 3.63) is 65.2 Å². The van der Waals surface area contributed by atoms with Gasteiger partial charge in [-0.15, -0.1) is 0 Å². The summed E-state index contributed by atoms with van der Waals surface area (Å²) in [7, 11) is 0. The number of benzene rings is 2. The molecule has 1 N–H and O–H groups in total. The standard InChI is InChI=1S/C24H32N2O3/c1-5-6-14-25-24(28)20(4)26(16-21-12-8-7-11-19(21)3)23(27)17-29-22-13-9-10-18(2)15-22/h7-13,15,20H,5-6,14,16-17H2,1-4H3,(H,25,28). The smallest absolute Gasteiger partial charge is 0.261 e. The van der Waals surface area contributed by atoms with Crippen molar-refractivity contribution in [3.8, 4) is 5.75 Å². The van der Waals surface area contributed by atoms with Crippen molar-refractivity contribution in [2.45, 2.75) is 53.1 Å². The number of ether oxygens (including phenoxy) is 1. The van der Waals surface area contributed by atoms with Crippen molar-refractivity contribution < 1.29 is 14.3 Å². The van der Waals surface area contributed by atoms with Crippen LogP contribution in [0.4, 0.5) is 0 Å². The third kappa shape index (κ3) is 6.93. The Labute approximate surface area is 174 Å². The van der Waals surface area contributed by atoms with Crippen LogP contribution in [0.15, 0.2) is 48.5 Å². The van der Waals surface area contributed by atoms with Gasteiger partial charge in [0, 0.05) is 13.1 Å². The molecule has 0 spiro atoms. The van der Waals surface area contributed by atoms with Crippen LogP contribution in [-0.4, -0.2) is 35.9 Å². The second kappa shape index (κ2) is 11.2. The van der Waals surface area contributed by atoms with Crippen LogP contribution in [0, 0.1) is 13.8 Å². The molecule has 0 saturated carbocycles. The van der Waals surface area contributed by atoms with Crippen LogP contribution >= 0.6 is 0 Å². The number of hydrogen-bond acceptors (Lipinski definition) is 3. The monoisotopic (exact) mass is 396 g/mol. The van der Waals surface area contributed by atoms with Gasteiger partial charge < -0.3 is 15.0 Å². The van der Waals surface area contributed by atoms with Crippen LogP contribution in [-0.2, 0) is 16.1 Å². The Kier molecular flexibility index (Phi) is 8.71. The van der Waals surface area contributed by atoms with Gasteiger partial charge in [-0.3, -0.25) is 9.59 Å². The highest BCUT2D eigenvalue weighted by molar-refractivity contribution is 5.88. The first-order chi connectivity index (χ1) is 13.9. The number of carbonyl (C=O) groups is 2. The van der Waals surface area contributed by atoms with Crippen LogP contribution in [0.25, 0.3) is 0 Å². The molecule has 2 rings (SSSR count). The number of aryl methyl sites for hydroxylation is 2. The topological polar surface area (TPSA) is 58.6 Å². The molecule has 1 unspecified atom stereocenters. The number of nitrogens with one attached hydrogen (secondary N) is 1. The highest BCUT2D eigenvalue weighted by atomic mass is 16.5. The van der Waals surface area contributed by atoms with Gasteiger partial charge in [-0.1, -0.05) is 49.7 Å². The number of unbranched alkanes of at least 4 members (excludes halogenated alkanes) is 1. The zero-order valence-electron chi connectivity index (χ0n) is 17.9. The molecule has 0 fully saturated rings. The number of nitrogens with zero attached hydrogens (tertiary/aromatic N) is 1. The zero-order chi connectivity index (χ0) is 21.2. The van der Waals surface area contributed by atoms with Crippen LogP contribution in [0.2, 0.25) is 0 Å². The van der Waals surface area contributed by atoms with E-state index in [4.69, 9.17) is 4.74 Å². The summed E-state index contributed by atoms with van der Waals surface area (Å²) in [6, 6.07) is 14.9. The van der Waals surface area contributed by atoms with Crippen molar-refractivity contribution in [1.29, 1.82) is 0 Å². The molecule has 0 radical (unpaired) electrons. The summed E-state index contributed by atoms with van der Waals surface area (Å²) >= 11 is 0. The molecule has 2 aromatic carbocycles. The molecule has 0 saturated heterocycles. The first-order valence-corrected chi connectivity index (χ1v) is 10.2. The number of rotatable bonds is 10. The minimum Gasteiger partial charge on any atom is -0.484 e. The summed E-state index contributed by atoms with van der Waals surface area (Å²) in [5, 5.41) is 2.93. The van der Waals surface area contributed by atoms with Gasteiger partial charge in [-0.05, 0) is 56.0 Å². The highest BCUT2D eigenvalue weighted by Crippen LogP contribution is 2.16. The van der Waals surface area contributed by atoms with E-state index in [0.29, 0.717) is 18.8 Å². The van der Waals surface area contributed by atoms with Gasteiger partial charge in [0.1, 0.15) is 11.8 Å². The van der Waals surface area contributed by atoms with Gasteiger partial charge in [0.2, 0.25) is 5.91 Å². The molecule has 5 nitrogen and oxygen atoms in total. The lowest BCUT2D eigenvalue weighted by molar-refractivity contribution is -0.142. The molecule has 0 aliphatic carbocycles. The average Bonchev–Trinajstić information content (AvgIpc) is 2.71. The zero-order valence-corrected chi connectivity index (χ0v) is 17.9. The Morgan fingerprint density at radius 3 is 2.55 bits per heavy atom. The summed E-state index contributed by atoms with van der Waals surface area (Å²) in [5.41, 5.74) is 3.17. The molecule has 0 aliphatic rings. The molecule has 0 aliphatic heterocycles. The minimum atomic E-state index is -0.583. The van der Waals surface area contributed by atoms with E-state index in [9.17, 15) is 9.59 Å². The molecule has 29 heavy (non-hydrogen) atoms. The molecule has 0 bridgehead atoms. The third-order valence-corrected chi connectivity index (χ3v) is 4.95. The number of hydrogen-bond donors (Lipinski definition) is 1. The van der Waals surface area contributed by atoms with Gasteiger partial charge >= 0.3 is 0 Å². The van der Waals surface area contributed by atoms with Gasteiger partial charge in [-0.2, -0.15) is 0 Å². The van der Waals surface area contributed by atoms with Crippen molar-refractivity contribution in [2.75, 3.05) is 13.2 Å². The molecule has 1 atom stereocenters. The van der Waals surface area contributed by atoms with E-state index in [1.54, 1.807) is 11.8 Å². The predicted molar refractivity (Wildman–Crippen MR) is 116 cm³/mol. The lowest BCUT2D eigenvalue weighted by Crippen LogP contribution is -2.49. The third-order valence-electron chi connectivity index (χ3n) is 4.95. The molecular formula is C24H32N2O3. The minimum absolute atomic E-state index is 0.109. The molecule has 2 aromatic rings. The van der Waals surface area contributed by atoms with Crippen LogP contribution in [0.3, 0.4) is 0 Å². The average molecular weight is 397 g/mol. The van der Waals surface area contributed by atoms with Crippen molar-refractivity contribution in [2.24, 2.45) is 0 Å². The first kappa shape index (κ1) is 22.5. The van der Waals surface area contributed by atoms with Gasteiger partial charge in [-0.25, -0.2) is 0 Å². The first-order valence-electron chi connectivity index (χ1n) is 10.2. The van der Waals surface area contributed by atoms with E-state index in [0.717, 1.165) is 29.5 Å². The maximum absolute atomic E-state index is 13.0. The predicted octanol–water partition coefficient (Wildman–Crippen LogP) is 4.02. The number of carbonyl (C=O) groups excluding carboxylic acids is 2. The van der Waals surface area contributed by atoms with E-state index in [1.165, 1.54) is 0 Å². The molecular weight excluding hydrogens is 364 g/mol. The lowest BCUT2D eigenvalue weighted by Gasteiger charge is -2.29. The summed E-state index contributed by atoms with van der Waals surface area (Å²) in [6.45, 7) is 8.70. The fourth-order valence-corrected chi connectivity index (χ4v) is 3.02. The summed E-state index contributed by atoms with van der Waals surface area (Å²) < 4.78 is 5.70. The highest BCUT2D eigenvalue weighted by Gasteiger charge is 2.26. The van der Waals surface area contributed by atoms with E-state index in [-0.39, 0.29) is 18.4 Å². The molecule has 2 amide bonds. The Morgan fingerprint density at radius 2 is 1.86 bits per heavy atom. The van der Waals surface area contributed by atoms with Gasteiger partial charge in [0.15, 0.2) is 6.61 Å². The Bertz CT molecular complexity index is 819. The van der Waals surface area contributed by atoms with Crippen molar-refractivity contribution >= 4 is 11.8 Å². The summed E-state index contributed by atoms with van der Waals surface area (Å²) in [5.74, 6) is 0.290. The molecule has 0 heterocycles. The number of amides is 2. The Balaban J connectivity index is 2.12. The van der Waals surface area contributed by atoms with Crippen molar-refractivity contribution in [1.82, 2.24) is 10.2 Å². The van der Waals surface area contributed by atoms with Crippen LogP contribution in [0.1, 0.15) is 43.4 Å². The van der Waals surface area contributed by atoms with E-state index < -0.39 is 6.04 Å². The second-order valence-electron chi connectivity index (χ2n) is 7.37. The summed E-state index contributed by atoms with van der Waals surface area (Å²) in [4.78, 5) is 27.2.